The third-order valence-corrected chi connectivity index (χ3v) is 3.23. The van der Waals surface area contributed by atoms with Gasteiger partial charge in [-0.25, -0.2) is 4.98 Å². The molecule has 1 aromatic rings. The molecule has 0 aromatic carbocycles. The normalized spacial score (nSPS) is 12.1. The molecule has 0 fully saturated rings. The summed E-state index contributed by atoms with van der Waals surface area (Å²) in [6.45, 7) is 8.29. The number of aromatic nitrogens is 1. The lowest BCUT2D eigenvalue weighted by atomic mass is 10.0. The summed E-state index contributed by atoms with van der Waals surface area (Å²) in [6, 6.07) is 0. The maximum atomic E-state index is 6.07. The van der Waals surface area contributed by atoms with E-state index in [0.717, 1.165) is 17.8 Å². The summed E-state index contributed by atoms with van der Waals surface area (Å²) >= 11 is 1.73. The van der Waals surface area contributed by atoms with E-state index in [1.165, 1.54) is 10.6 Å². The van der Waals surface area contributed by atoms with E-state index < -0.39 is 0 Å². The molecular formula is C10H18N2S. The Morgan fingerprint density at radius 1 is 1.46 bits per heavy atom. The maximum absolute atomic E-state index is 6.07. The largest absolute Gasteiger partial charge is 0.321 e. The van der Waals surface area contributed by atoms with Gasteiger partial charge in [0, 0.05) is 10.4 Å². The lowest BCUT2D eigenvalue weighted by Crippen LogP contribution is -2.28. The number of hydrogen-bond donors (Lipinski definition) is 1. The zero-order chi connectivity index (χ0) is 10.1. The van der Waals surface area contributed by atoms with E-state index in [1.54, 1.807) is 11.3 Å². The van der Waals surface area contributed by atoms with Gasteiger partial charge in [0.05, 0.1) is 10.7 Å². The highest BCUT2D eigenvalue weighted by atomic mass is 32.1. The topological polar surface area (TPSA) is 38.9 Å². The Kier molecular flexibility index (Phi) is 3.09. The summed E-state index contributed by atoms with van der Waals surface area (Å²) in [5, 5.41) is 1.12. The van der Waals surface area contributed by atoms with Crippen molar-refractivity contribution < 1.29 is 0 Å². The molecule has 0 radical (unpaired) electrons. The highest BCUT2D eigenvalue weighted by molar-refractivity contribution is 7.11. The van der Waals surface area contributed by atoms with Crippen LogP contribution in [0.25, 0.3) is 0 Å². The Morgan fingerprint density at radius 3 is 2.54 bits per heavy atom. The molecule has 0 unspecified atom stereocenters. The van der Waals surface area contributed by atoms with Gasteiger partial charge in [-0.15, -0.1) is 11.3 Å². The molecule has 0 saturated carbocycles. The summed E-state index contributed by atoms with van der Waals surface area (Å²) in [5.74, 6) is 0. The summed E-state index contributed by atoms with van der Waals surface area (Å²) in [6.07, 6.45) is 2.17. The van der Waals surface area contributed by atoms with E-state index in [9.17, 15) is 0 Å². The average Bonchev–Trinajstić information content (AvgIpc) is 2.30. The van der Waals surface area contributed by atoms with Gasteiger partial charge in [-0.1, -0.05) is 13.3 Å². The van der Waals surface area contributed by atoms with Crippen LogP contribution in [0.4, 0.5) is 0 Å². The Labute approximate surface area is 84.2 Å². The van der Waals surface area contributed by atoms with Crippen molar-refractivity contribution in [2.45, 2.75) is 46.1 Å². The summed E-state index contributed by atoms with van der Waals surface area (Å²) in [5.41, 5.74) is 7.02. The molecule has 0 saturated heterocycles. The van der Waals surface area contributed by atoms with E-state index in [-0.39, 0.29) is 5.54 Å². The Morgan fingerprint density at radius 2 is 2.08 bits per heavy atom. The molecule has 2 nitrogen and oxygen atoms in total. The lowest BCUT2D eigenvalue weighted by Gasteiger charge is -2.17. The molecule has 1 rings (SSSR count). The zero-order valence-electron chi connectivity index (χ0n) is 8.85. The van der Waals surface area contributed by atoms with E-state index in [4.69, 9.17) is 5.73 Å². The molecule has 13 heavy (non-hydrogen) atoms. The fourth-order valence-corrected chi connectivity index (χ4v) is 2.36. The van der Waals surface area contributed by atoms with Gasteiger partial charge in [0.1, 0.15) is 0 Å². The smallest absolute Gasteiger partial charge is 0.0900 e. The first kappa shape index (κ1) is 10.7. The second-order valence-electron chi connectivity index (χ2n) is 3.98. The highest BCUT2D eigenvalue weighted by Crippen LogP contribution is 2.28. The van der Waals surface area contributed by atoms with Crippen molar-refractivity contribution in [1.82, 2.24) is 4.98 Å². The van der Waals surface area contributed by atoms with Gasteiger partial charge in [0.2, 0.25) is 0 Å². The van der Waals surface area contributed by atoms with Gasteiger partial charge in [-0.05, 0) is 27.2 Å². The maximum Gasteiger partial charge on any atom is 0.0900 e. The molecule has 0 spiro atoms. The van der Waals surface area contributed by atoms with Crippen LogP contribution in [0.1, 0.15) is 42.8 Å². The molecule has 0 bridgehead atoms. The van der Waals surface area contributed by atoms with Gasteiger partial charge in [0.25, 0.3) is 0 Å². The predicted octanol–water partition coefficient (Wildman–Crippen LogP) is 2.60. The molecule has 1 heterocycles. The van der Waals surface area contributed by atoms with Crippen molar-refractivity contribution in [3.05, 3.63) is 15.6 Å². The summed E-state index contributed by atoms with van der Waals surface area (Å²) in [7, 11) is 0. The highest BCUT2D eigenvalue weighted by Gasteiger charge is 2.21. The Hall–Kier alpha value is -0.410. The first-order chi connectivity index (χ1) is 5.95. The number of hydrogen-bond acceptors (Lipinski definition) is 3. The van der Waals surface area contributed by atoms with Crippen LogP contribution in [0.15, 0.2) is 0 Å². The van der Waals surface area contributed by atoms with Gasteiger partial charge >= 0.3 is 0 Å². The standard InChI is InChI=1S/C10H18N2S/c1-5-6-8-9(10(3,4)11)13-7(2)12-8/h5-6,11H2,1-4H3. The Bertz CT molecular complexity index is 284. The second kappa shape index (κ2) is 3.76. The molecular weight excluding hydrogens is 180 g/mol. The van der Waals surface area contributed by atoms with Crippen LogP contribution >= 0.6 is 11.3 Å². The van der Waals surface area contributed by atoms with Crippen LogP contribution < -0.4 is 5.73 Å². The molecule has 0 aliphatic carbocycles. The number of thiazole rings is 1. The van der Waals surface area contributed by atoms with E-state index >= 15 is 0 Å². The third kappa shape index (κ3) is 2.51. The van der Waals surface area contributed by atoms with Crippen molar-refractivity contribution in [2.24, 2.45) is 5.73 Å². The first-order valence-electron chi connectivity index (χ1n) is 4.70. The summed E-state index contributed by atoms with van der Waals surface area (Å²) < 4.78 is 0. The van der Waals surface area contributed by atoms with Crippen molar-refractivity contribution in [3.63, 3.8) is 0 Å². The van der Waals surface area contributed by atoms with E-state index in [1.807, 2.05) is 20.8 Å². The second-order valence-corrected chi connectivity index (χ2v) is 5.18. The fourth-order valence-electron chi connectivity index (χ4n) is 1.38. The van der Waals surface area contributed by atoms with Crippen molar-refractivity contribution >= 4 is 11.3 Å². The molecule has 0 aliphatic rings. The molecule has 0 amide bonds. The first-order valence-corrected chi connectivity index (χ1v) is 5.52. The van der Waals surface area contributed by atoms with E-state index in [2.05, 4.69) is 11.9 Å². The quantitative estimate of drug-likeness (QED) is 0.810. The van der Waals surface area contributed by atoms with E-state index in [0.29, 0.717) is 0 Å². The van der Waals surface area contributed by atoms with Crippen LogP contribution in [0, 0.1) is 6.92 Å². The SMILES string of the molecule is CCCc1nc(C)sc1C(C)(C)N. The van der Waals surface area contributed by atoms with Crippen LogP contribution in [0.2, 0.25) is 0 Å². The van der Waals surface area contributed by atoms with Gasteiger partial charge in [0.15, 0.2) is 0 Å². The van der Waals surface area contributed by atoms with Crippen molar-refractivity contribution in [2.75, 3.05) is 0 Å². The minimum absolute atomic E-state index is 0.240. The molecule has 74 valence electrons. The zero-order valence-corrected chi connectivity index (χ0v) is 9.66. The molecule has 3 heteroatoms. The molecule has 1 aromatic heterocycles. The van der Waals surface area contributed by atoms with Gasteiger partial charge in [-0.2, -0.15) is 0 Å². The minimum Gasteiger partial charge on any atom is -0.321 e. The lowest BCUT2D eigenvalue weighted by molar-refractivity contribution is 0.557. The van der Waals surface area contributed by atoms with Gasteiger partial charge in [-0.3, -0.25) is 0 Å². The minimum atomic E-state index is -0.240. The van der Waals surface area contributed by atoms with Crippen LogP contribution in [-0.4, -0.2) is 4.98 Å². The molecule has 2 N–H and O–H groups in total. The average molecular weight is 198 g/mol. The van der Waals surface area contributed by atoms with Crippen LogP contribution in [0.5, 0.6) is 0 Å². The van der Waals surface area contributed by atoms with Crippen LogP contribution in [0.3, 0.4) is 0 Å². The summed E-state index contributed by atoms with van der Waals surface area (Å²) in [4.78, 5) is 5.75. The number of nitrogens with two attached hydrogens (primary N) is 1. The van der Waals surface area contributed by atoms with Crippen LogP contribution in [-0.2, 0) is 12.0 Å². The predicted molar refractivity (Wildman–Crippen MR) is 58.1 cm³/mol. The molecule has 0 atom stereocenters. The molecule has 0 aliphatic heterocycles. The third-order valence-electron chi connectivity index (χ3n) is 1.88. The number of rotatable bonds is 3. The fraction of sp³-hybridized carbons (Fsp3) is 0.700. The van der Waals surface area contributed by atoms with Crippen molar-refractivity contribution in [3.8, 4) is 0 Å². The number of aryl methyl sites for hydroxylation is 2. The Balaban J connectivity index is 3.04. The van der Waals surface area contributed by atoms with Crippen molar-refractivity contribution in [1.29, 1.82) is 0 Å². The monoisotopic (exact) mass is 198 g/mol. The van der Waals surface area contributed by atoms with Gasteiger partial charge < -0.3 is 5.73 Å². The number of nitrogens with zero attached hydrogens (tertiary/aromatic N) is 1.